The monoisotopic (exact) mass is 258 g/mol. The molecule has 0 spiro atoms. The van der Waals surface area contributed by atoms with Crippen molar-refractivity contribution in [3.05, 3.63) is 47.8 Å². The summed E-state index contributed by atoms with van der Waals surface area (Å²) in [7, 11) is 0. The maximum atomic E-state index is 13.5. The van der Waals surface area contributed by atoms with E-state index in [1.54, 1.807) is 0 Å². The highest BCUT2D eigenvalue weighted by molar-refractivity contribution is 6.65. The van der Waals surface area contributed by atoms with Crippen LogP contribution in [-0.2, 0) is 10.7 Å². The van der Waals surface area contributed by atoms with E-state index in [1.165, 1.54) is 24.3 Å². The van der Waals surface area contributed by atoms with Crippen molar-refractivity contribution in [1.29, 1.82) is 0 Å². The van der Waals surface area contributed by atoms with Crippen LogP contribution in [0.5, 0.6) is 0 Å². The first kappa shape index (κ1) is 11.9. The first-order chi connectivity index (χ1) is 7.94. The molecule has 0 radical (unpaired) electrons. The van der Waals surface area contributed by atoms with Gasteiger partial charge in [-0.15, -0.1) is 0 Å². The molecule has 0 amide bonds. The van der Waals surface area contributed by atoms with E-state index >= 15 is 0 Å². The number of hydrogen-bond donors (Lipinski definition) is 0. The van der Waals surface area contributed by atoms with E-state index in [0.717, 1.165) is 12.1 Å². The summed E-state index contributed by atoms with van der Waals surface area (Å²) >= 11 is 4.86. The molecule has 0 saturated carbocycles. The average molecular weight is 259 g/mol. The molecule has 0 atom stereocenters. The van der Waals surface area contributed by atoms with Crippen LogP contribution in [0.3, 0.4) is 0 Å². The number of carbonyl (C=O) groups is 1. The Hall–Kier alpha value is -1.55. The number of rotatable bonds is 2. The van der Waals surface area contributed by atoms with Crippen LogP contribution in [0.25, 0.3) is 10.8 Å². The van der Waals surface area contributed by atoms with Gasteiger partial charge in [0.15, 0.2) is 0 Å². The van der Waals surface area contributed by atoms with Gasteiger partial charge >= 0.3 is 5.92 Å². The molecule has 0 fully saturated rings. The first-order valence-corrected chi connectivity index (χ1v) is 5.08. The minimum absolute atomic E-state index is 0.0218. The summed E-state index contributed by atoms with van der Waals surface area (Å²) in [5.41, 5.74) is -0.588. The molecule has 1 nitrogen and oxygen atoms in total. The van der Waals surface area contributed by atoms with Crippen LogP contribution in [0.15, 0.2) is 36.4 Å². The van der Waals surface area contributed by atoms with Gasteiger partial charge in [0, 0.05) is 10.9 Å². The van der Waals surface area contributed by atoms with Gasteiger partial charge in [0.05, 0.1) is 0 Å². The number of alkyl halides is 2. The molecule has 0 aliphatic carbocycles. The minimum atomic E-state index is -3.82. The Balaban J connectivity index is 2.80. The van der Waals surface area contributed by atoms with Crippen LogP contribution in [0.2, 0.25) is 0 Å². The van der Waals surface area contributed by atoms with E-state index in [1.807, 2.05) is 0 Å². The Kier molecular flexibility index (Phi) is 2.83. The van der Waals surface area contributed by atoms with Crippen molar-refractivity contribution in [1.82, 2.24) is 0 Å². The molecule has 88 valence electrons. The third-order valence-electron chi connectivity index (χ3n) is 2.46. The van der Waals surface area contributed by atoms with Crippen LogP contribution >= 0.6 is 11.6 Å². The zero-order chi connectivity index (χ0) is 12.6. The molecule has 0 unspecified atom stereocenters. The molecule has 0 aromatic heterocycles. The van der Waals surface area contributed by atoms with Gasteiger partial charge < -0.3 is 0 Å². The molecule has 17 heavy (non-hydrogen) atoms. The van der Waals surface area contributed by atoms with Crippen LogP contribution in [0.1, 0.15) is 5.56 Å². The third kappa shape index (κ3) is 1.89. The van der Waals surface area contributed by atoms with Gasteiger partial charge in [-0.2, -0.15) is 8.78 Å². The van der Waals surface area contributed by atoms with Crippen molar-refractivity contribution in [2.24, 2.45) is 0 Å². The van der Waals surface area contributed by atoms with Crippen molar-refractivity contribution in [2.75, 3.05) is 0 Å². The quantitative estimate of drug-likeness (QED) is 0.748. The Bertz CT molecular complexity index is 595. The van der Waals surface area contributed by atoms with Crippen LogP contribution in [0.4, 0.5) is 13.2 Å². The Morgan fingerprint density at radius 3 is 2.24 bits per heavy atom. The van der Waals surface area contributed by atoms with Gasteiger partial charge in [-0.05, 0) is 29.1 Å². The highest BCUT2D eigenvalue weighted by atomic mass is 35.5. The fourth-order valence-corrected chi connectivity index (χ4v) is 1.74. The van der Waals surface area contributed by atoms with Gasteiger partial charge in [-0.3, -0.25) is 4.79 Å². The summed E-state index contributed by atoms with van der Waals surface area (Å²) in [4.78, 5) is 10.7. The lowest BCUT2D eigenvalue weighted by Gasteiger charge is -2.14. The zero-order valence-corrected chi connectivity index (χ0v) is 9.14. The SMILES string of the molecule is O=C(Cl)C(F)(F)c1ccc(F)c2ccccc12. The smallest absolute Gasteiger partial charge is 0.274 e. The topological polar surface area (TPSA) is 17.1 Å². The van der Waals surface area contributed by atoms with E-state index < -0.39 is 22.5 Å². The van der Waals surface area contributed by atoms with Gasteiger partial charge in [0.25, 0.3) is 5.24 Å². The van der Waals surface area contributed by atoms with Crippen molar-refractivity contribution < 1.29 is 18.0 Å². The van der Waals surface area contributed by atoms with Crippen molar-refractivity contribution in [3.63, 3.8) is 0 Å². The summed E-state index contributed by atoms with van der Waals surface area (Å²) in [5, 5.41) is -1.77. The Morgan fingerprint density at radius 1 is 1.06 bits per heavy atom. The summed E-state index contributed by atoms with van der Waals surface area (Å²) < 4.78 is 40.5. The minimum Gasteiger partial charge on any atom is -0.274 e. The number of benzene rings is 2. The van der Waals surface area contributed by atoms with Gasteiger partial charge in [-0.1, -0.05) is 24.3 Å². The van der Waals surface area contributed by atoms with Crippen LogP contribution in [-0.4, -0.2) is 5.24 Å². The molecule has 2 aromatic rings. The molecular formula is C12H6ClF3O. The summed E-state index contributed by atoms with van der Waals surface area (Å²) in [6, 6.07) is 7.46. The molecule has 5 heteroatoms. The molecule has 0 heterocycles. The van der Waals surface area contributed by atoms with E-state index in [0.29, 0.717) is 0 Å². The van der Waals surface area contributed by atoms with Crippen molar-refractivity contribution in [2.45, 2.75) is 5.92 Å². The van der Waals surface area contributed by atoms with Crippen molar-refractivity contribution >= 4 is 27.6 Å². The molecule has 2 rings (SSSR count). The lowest BCUT2D eigenvalue weighted by molar-refractivity contribution is -0.135. The predicted molar refractivity (Wildman–Crippen MR) is 58.7 cm³/mol. The lowest BCUT2D eigenvalue weighted by Crippen LogP contribution is -2.21. The van der Waals surface area contributed by atoms with Gasteiger partial charge in [0.1, 0.15) is 5.82 Å². The van der Waals surface area contributed by atoms with Gasteiger partial charge in [-0.25, -0.2) is 4.39 Å². The lowest BCUT2D eigenvalue weighted by atomic mass is 10.00. The Labute approximate surface area is 99.8 Å². The highest BCUT2D eigenvalue weighted by Gasteiger charge is 2.41. The molecule has 0 bridgehead atoms. The molecule has 0 aliphatic heterocycles. The van der Waals surface area contributed by atoms with E-state index in [4.69, 9.17) is 11.6 Å². The molecule has 2 aromatic carbocycles. The first-order valence-electron chi connectivity index (χ1n) is 4.70. The number of halogens is 4. The van der Waals surface area contributed by atoms with Crippen LogP contribution < -0.4 is 0 Å². The van der Waals surface area contributed by atoms with E-state index in [2.05, 4.69) is 0 Å². The van der Waals surface area contributed by atoms with Gasteiger partial charge in [0.2, 0.25) is 0 Å². The summed E-state index contributed by atoms with van der Waals surface area (Å²) in [5.74, 6) is -4.45. The Morgan fingerprint density at radius 2 is 1.65 bits per heavy atom. The molecule has 0 aliphatic rings. The second-order valence-electron chi connectivity index (χ2n) is 3.49. The number of fused-ring (bicyclic) bond motifs is 1. The second kappa shape index (κ2) is 4.04. The maximum Gasteiger partial charge on any atom is 0.345 e. The number of hydrogen-bond acceptors (Lipinski definition) is 1. The molecule has 0 saturated heterocycles. The number of carbonyl (C=O) groups excluding carboxylic acids is 1. The largest absolute Gasteiger partial charge is 0.345 e. The van der Waals surface area contributed by atoms with Crippen molar-refractivity contribution in [3.8, 4) is 0 Å². The normalized spacial score (nSPS) is 11.8. The summed E-state index contributed by atoms with van der Waals surface area (Å²) in [6.07, 6.45) is 0. The standard InChI is InChI=1S/C12H6ClF3O/c13-11(17)12(15,16)9-5-6-10(14)8-4-2-1-3-7(8)9/h1-6H. The highest BCUT2D eigenvalue weighted by Crippen LogP contribution is 2.36. The fourth-order valence-electron chi connectivity index (χ4n) is 1.64. The van der Waals surface area contributed by atoms with E-state index in [9.17, 15) is 18.0 Å². The molecule has 0 N–H and O–H groups in total. The second-order valence-corrected chi connectivity index (χ2v) is 3.83. The van der Waals surface area contributed by atoms with E-state index in [-0.39, 0.29) is 10.8 Å². The third-order valence-corrected chi connectivity index (χ3v) is 2.69. The zero-order valence-electron chi connectivity index (χ0n) is 8.38. The predicted octanol–water partition coefficient (Wildman–Crippen LogP) is 3.84. The maximum absolute atomic E-state index is 13.5. The molecular weight excluding hydrogens is 253 g/mol. The fraction of sp³-hybridized carbons (Fsp3) is 0.0833. The average Bonchev–Trinajstić information content (AvgIpc) is 2.29. The summed E-state index contributed by atoms with van der Waals surface area (Å²) in [6.45, 7) is 0. The van der Waals surface area contributed by atoms with Crippen LogP contribution in [0, 0.1) is 5.82 Å².